The number of rotatable bonds is 13. The molecule has 1 saturated heterocycles. The van der Waals surface area contributed by atoms with Crippen LogP contribution in [-0.4, -0.2) is 92.2 Å². The molecule has 0 saturated carbocycles. The maximum Gasteiger partial charge on any atom is 0.490 e. The molecular formula is C14H28N5O13P3S2. The summed E-state index contributed by atoms with van der Waals surface area (Å²) >= 11 is 0. The van der Waals surface area contributed by atoms with Crippen molar-refractivity contribution >= 4 is 51.0 Å². The van der Waals surface area contributed by atoms with E-state index in [2.05, 4.69) is 18.9 Å². The minimum Gasteiger partial charge on any atom is -0.484 e. The lowest BCUT2D eigenvalue weighted by molar-refractivity contribution is -0.0789. The Morgan fingerprint density at radius 2 is 1.95 bits per heavy atom. The molecule has 3 rings (SSSR count). The number of hydrogen-bond donors (Lipinski definition) is 8. The first-order valence-electron chi connectivity index (χ1n) is 10.3. The molecule has 18 nitrogen and oxygen atoms in total. The van der Waals surface area contributed by atoms with E-state index in [9.17, 15) is 28.6 Å². The molecule has 1 fully saturated rings. The Labute approximate surface area is 218 Å². The number of nitrogens with zero attached hydrogens (tertiary/aromatic N) is 2. The van der Waals surface area contributed by atoms with Crippen molar-refractivity contribution in [3.8, 4) is 0 Å². The number of fused-ring (bicyclic) bond motifs is 1. The van der Waals surface area contributed by atoms with Crippen LogP contribution in [-0.2, 0) is 36.3 Å². The Hall–Kier alpha value is -0.240. The molecule has 3 aliphatic rings. The highest BCUT2D eigenvalue weighted by Gasteiger charge is 2.51. The zero-order chi connectivity index (χ0) is 27.6. The summed E-state index contributed by atoms with van der Waals surface area (Å²) in [6, 6.07) is 0. The number of aliphatic hydroxyl groups excluding tert-OH is 1. The number of hydrogen-bond acceptors (Lipinski definition) is 16. The summed E-state index contributed by atoms with van der Waals surface area (Å²) in [5, 5.41) is 13.4. The second-order valence-corrected chi connectivity index (χ2v) is 14.7. The van der Waals surface area contributed by atoms with Crippen molar-refractivity contribution in [2.45, 2.75) is 24.7 Å². The normalized spacial score (nSPS) is 33.6. The Kier molecular flexibility index (Phi) is 10.6. The van der Waals surface area contributed by atoms with E-state index >= 15 is 0 Å². The maximum absolute atomic E-state index is 12.2. The van der Waals surface area contributed by atoms with Crippen molar-refractivity contribution in [3.63, 3.8) is 0 Å². The van der Waals surface area contributed by atoms with Crippen LogP contribution in [0.4, 0.5) is 0 Å². The summed E-state index contributed by atoms with van der Waals surface area (Å²) < 4.78 is 58.3. The molecule has 23 heteroatoms. The van der Waals surface area contributed by atoms with Crippen molar-refractivity contribution in [1.82, 2.24) is 10.2 Å². The van der Waals surface area contributed by atoms with Gasteiger partial charge in [0.25, 0.3) is 0 Å². The zero-order valence-electron chi connectivity index (χ0n) is 19.1. The second kappa shape index (κ2) is 12.5. The summed E-state index contributed by atoms with van der Waals surface area (Å²) in [6.07, 6.45) is -0.0958. The summed E-state index contributed by atoms with van der Waals surface area (Å²) in [5.74, 6) is -0.180. The van der Waals surface area contributed by atoms with Gasteiger partial charge in [-0.05, 0) is 24.8 Å². The molecule has 3 aliphatic heterocycles. The molecule has 0 radical (unpaired) electrons. The van der Waals surface area contributed by atoms with Crippen molar-refractivity contribution in [2.75, 3.05) is 31.9 Å². The largest absolute Gasteiger partial charge is 0.490 e. The smallest absolute Gasteiger partial charge is 0.484 e. The minimum atomic E-state index is -5.67. The predicted octanol–water partition coefficient (Wildman–Crippen LogP) is -1.01. The van der Waals surface area contributed by atoms with Crippen LogP contribution in [0, 0.1) is 11.8 Å². The van der Waals surface area contributed by atoms with Gasteiger partial charge in [-0.1, -0.05) is 21.6 Å². The fourth-order valence-electron chi connectivity index (χ4n) is 4.05. The SMILES string of the molecule is CSSCOC1=CC(N2CC(CN)C3C(O)N=C(N)NC32)OC1COP(=O)(O)OP(=O)(O)OP(=O)(O)O. The molecular weight excluding hydrogens is 603 g/mol. The molecule has 10 N–H and O–H groups in total. The van der Waals surface area contributed by atoms with Gasteiger partial charge >= 0.3 is 23.5 Å². The van der Waals surface area contributed by atoms with Gasteiger partial charge in [0.2, 0.25) is 0 Å². The molecule has 8 unspecified atom stereocenters. The van der Waals surface area contributed by atoms with Gasteiger partial charge in [0.05, 0.1) is 12.8 Å². The van der Waals surface area contributed by atoms with Gasteiger partial charge in [-0.3, -0.25) is 9.42 Å². The van der Waals surface area contributed by atoms with Crippen molar-refractivity contribution in [2.24, 2.45) is 28.3 Å². The molecule has 0 aromatic heterocycles. The fraction of sp³-hybridized carbons (Fsp3) is 0.786. The molecule has 0 aliphatic carbocycles. The highest BCUT2D eigenvalue weighted by Crippen LogP contribution is 2.66. The standard InChI is InChI=1S/C14H28N5O13P3S2/c1-36-37-6-28-8-2-10(19-4-7(3-15)11-12(19)17-14(16)18-13(11)20)30-9(8)5-29-34(24,25)32-35(26,27)31-33(21,22)23/h2,7,9-13,20H,3-6,15H2,1H3,(H,24,25)(H,26,27)(H3,16,17,18)(H2,21,22,23). The molecule has 0 amide bonds. The number of guanidine groups is 1. The summed E-state index contributed by atoms with van der Waals surface area (Å²) in [6.45, 7) is -0.112. The quantitative estimate of drug-likeness (QED) is 0.0523. The lowest BCUT2D eigenvalue weighted by atomic mass is 9.91. The molecule has 0 aromatic rings. The number of likely N-dealkylation sites (tertiary alicyclic amines) is 1. The Bertz CT molecular complexity index is 1030. The molecule has 37 heavy (non-hydrogen) atoms. The first kappa shape index (κ1) is 31.3. The van der Waals surface area contributed by atoms with Crippen LogP contribution in [0.2, 0.25) is 0 Å². The predicted molar refractivity (Wildman–Crippen MR) is 131 cm³/mol. The van der Waals surface area contributed by atoms with Gasteiger partial charge in [-0.25, -0.2) is 18.7 Å². The number of aliphatic hydroxyl groups is 1. The summed E-state index contributed by atoms with van der Waals surface area (Å²) in [5.41, 5.74) is 11.7. The zero-order valence-corrected chi connectivity index (χ0v) is 23.4. The van der Waals surface area contributed by atoms with Crippen LogP contribution in [0.1, 0.15) is 0 Å². The van der Waals surface area contributed by atoms with E-state index in [1.54, 1.807) is 6.08 Å². The third-order valence-corrected chi connectivity index (χ3v) is 10.6. The maximum atomic E-state index is 12.2. The first-order valence-corrected chi connectivity index (χ1v) is 17.6. The lowest BCUT2D eigenvalue weighted by Crippen LogP contribution is -2.58. The topological polar surface area (TPSA) is 278 Å². The van der Waals surface area contributed by atoms with Crippen LogP contribution < -0.4 is 16.8 Å². The Morgan fingerprint density at radius 3 is 2.57 bits per heavy atom. The minimum absolute atomic E-state index is 0.0236. The van der Waals surface area contributed by atoms with Crippen molar-refractivity contribution < 1.29 is 61.0 Å². The van der Waals surface area contributed by atoms with Crippen LogP contribution >= 0.6 is 45.1 Å². The number of phosphoric acid groups is 3. The highest BCUT2D eigenvalue weighted by atomic mass is 33.1. The number of nitrogens with one attached hydrogen (secondary N) is 1. The molecule has 0 bridgehead atoms. The number of phosphoric ester groups is 1. The third-order valence-electron chi connectivity index (χ3n) is 5.38. The average molecular weight is 631 g/mol. The summed E-state index contributed by atoms with van der Waals surface area (Å²) in [4.78, 5) is 42.2. The van der Waals surface area contributed by atoms with E-state index in [4.69, 9.17) is 35.3 Å². The van der Waals surface area contributed by atoms with Crippen LogP contribution in [0.15, 0.2) is 16.8 Å². The lowest BCUT2D eigenvalue weighted by Gasteiger charge is -2.36. The van der Waals surface area contributed by atoms with Gasteiger partial charge in [0, 0.05) is 12.5 Å². The van der Waals surface area contributed by atoms with Crippen LogP contribution in [0.3, 0.4) is 0 Å². The van der Waals surface area contributed by atoms with Crippen molar-refractivity contribution in [3.05, 3.63) is 11.8 Å². The molecule has 0 aromatic carbocycles. The van der Waals surface area contributed by atoms with E-state index in [0.29, 0.717) is 6.54 Å². The van der Waals surface area contributed by atoms with Crippen LogP contribution in [0.5, 0.6) is 0 Å². The monoisotopic (exact) mass is 631 g/mol. The highest BCUT2D eigenvalue weighted by molar-refractivity contribution is 8.76. The van der Waals surface area contributed by atoms with E-state index < -0.39 is 60.7 Å². The van der Waals surface area contributed by atoms with E-state index in [1.807, 2.05) is 11.2 Å². The fourth-order valence-corrected chi connectivity index (χ4v) is 7.78. The van der Waals surface area contributed by atoms with Gasteiger partial charge < -0.3 is 50.9 Å². The van der Waals surface area contributed by atoms with Crippen LogP contribution in [0.25, 0.3) is 0 Å². The van der Waals surface area contributed by atoms with Gasteiger partial charge in [0.1, 0.15) is 24.0 Å². The van der Waals surface area contributed by atoms with E-state index in [-0.39, 0.29) is 30.1 Å². The van der Waals surface area contributed by atoms with E-state index in [0.717, 1.165) is 0 Å². The number of aliphatic imine (C=N–C) groups is 1. The van der Waals surface area contributed by atoms with Crippen molar-refractivity contribution in [1.29, 1.82) is 0 Å². The Balaban J connectivity index is 1.72. The average Bonchev–Trinajstić information content (AvgIpc) is 3.31. The number of ether oxygens (including phenoxy) is 2. The summed E-state index contributed by atoms with van der Waals surface area (Å²) in [7, 11) is -13.8. The molecule has 214 valence electrons. The molecule has 8 atom stereocenters. The molecule has 0 spiro atoms. The van der Waals surface area contributed by atoms with E-state index in [1.165, 1.54) is 21.6 Å². The Morgan fingerprint density at radius 1 is 1.24 bits per heavy atom. The van der Waals surface area contributed by atoms with Gasteiger partial charge in [-0.15, -0.1) is 0 Å². The first-order chi connectivity index (χ1) is 17.1. The number of nitrogens with two attached hydrogens (primary N) is 2. The second-order valence-electron chi connectivity index (χ2n) is 7.80. The van der Waals surface area contributed by atoms with Gasteiger partial charge in [0.15, 0.2) is 12.2 Å². The third kappa shape index (κ3) is 8.62. The van der Waals surface area contributed by atoms with Gasteiger partial charge in [-0.2, -0.15) is 8.62 Å². The molecule has 3 heterocycles.